The van der Waals surface area contributed by atoms with Gasteiger partial charge in [0.1, 0.15) is 0 Å². The van der Waals surface area contributed by atoms with Crippen molar-refractivity contribution in [3.63, 3.8) is 0 Å². The molecule has 1 aromatic carbocycles. The zero-order valence-corrected chi connectivity index (χ0v) is 16.8. The van der Waals surface area contributed by atoms with Gasteiger partial charge in [-0.1, -0.05) is 25.0 Å². The highest BCUT2D eigenvalue weighted by atomic mass is 127. The molecular weight excluding hydrogens is 399 g/mol. The summed E-state index contributed by atoms with van der Waals surface area (Å²) in [4.78, 5) is 8.93. The van der Waals surface area contributed by atoms with E-state index in [1.54, 1.807) is 0 Å². The van der Waals surface area contributed by atoms with Gasteiger partial charge in [-0.2, -0.15) is 0 Å². The number of halogens is 1. The second-order valence-corrected chi connectivity index (χ2v) is 6.31. The molecule has 0 atom stereocenters. The van der Waals surface area contributed by atoms with Crippen molar-refractivity contribution < 1.29 is 0 Å². The molecule has 0 saturated carbocycles. The Morgan fingerprint density at radius 2 is 1.70 bits per heavy atom. The van der Waals surface area contributed by atoms with Crippen LogP contribution in [0.4, 0.5) is 5.69 Å². The van der Waals surface area contributed by atoms with Crippen LogP contribution in [0.3, 0.4) is 0 Å². The summed E-state index contributed by atoms with van der Waals surface area (Å²) < 4.78 is 0. The molecule has 5 heteroatoms. The predicted molar refractivity (Wildman–Crippen MR) is 111 cm³/mol. The lowest BCUT2D eigenvalue weighted by molar-refractivity contribution is 0.428. The first kappa shape index (κ1) is 20.1. The van der Waals surface area contributed by atoms with Gasteiger partial charge < -0.3 is 15.5 Å². The van der Waals surface area contributed by atoms with Crippen molar-refractivity contribution in [1.82, 2.24) is 4.90 Å². The molecule has 4 nitrogen and oxygen atoms in total. The fourth-order valence-corrected chi connectivity index (χ4v) is 2.84. The maximum Gasteiger partial charge on any atom is 0.191 e. The number of nitrogens with two attached hydrogens (primary N) is 1. The summed E-state index contributed by atoms with van der Waals surface area (Å²) in [5, 5.41) is 0. The quantitative estimate of drug-likeness (QED) is 0.337. The zero-order chi connectivity index (χ0) is 15.8. The minimum absolute atomic E-state index is 0. The molecule has 0 unspecified atom stereocenters. The van der Waals surface area contributed by atoms with E-state index in [0.717, 1.165) is 38.4 Å². The SMILES string of the molecule is CN(C)c1ccc(CCCN=C(N)N2CCCCCC2)cc1.I. The summed E-state index contributed by atoms with van der Waals surface area (Å²) in [6.07, 6.45) is 7.25. The number of aliphatic imine (C=N–C) groups is 1. The van der Waals surface area contributed by atoms with E-state index >= 15 is 0 Å². The number of anilines is 1. The van der Waals surface area contributed by atoms with Gasteiger partial charge in [-0.15, -0.1) is 24.0 Å². The number of nitrogens with zero attached hydrogens (tertiary/aromatic N) is 3. The number of guanidine groups is 1. The molecule has 23 heavy (non-hydrogen) atoms. The number of rotatable bonds is 5. The Morgan fingerprint density at radius 3 is 2.26 bits per heavy atom. The molecule has 1 saturated heterocycles. The highest BCUT2D eigenvalue weighted by Gasteiger charge is 2.10. The van der Waals surface area contributed by atoms with Crippen LogP contribution in [0.1, 0.15) is 37.7 Å². The lowest BCUT2D eigenvalue weighted by atomic mass is 10.1. The predicted octanol–water partition coefficient (Wildman–Crippen LogP) is 3.49. The van der Waals surface area contributed by atoms with Crippen molar-refractivity contribution in [2.45, 2.75) is 38.5 Å². The van der Waals surface area contributed by atoms with E-state index in [1.807, 2.05) is 0 Å². The third kappa shape index (κ3) is 6.97. The summed E-state index contributed by atoms with van der Waals surface area (Å²) in [5.74, 6) is 0.741. The third-order valence-electron chi connectivity index (χ3n) is 4.28. The van der Waals surface area contributed by atoms with Crippen LogP contribution in [0.5, 0.6) is 0 Å². The van der Waals surface area contributed by atoms with Crippen molar-refractivity contribution in [2.24, 2.45) is 10.7 Å². The van der Waals surface area contributed by atoms with Crippen LogP contribution < -0.4 is 10.6 Å². The summed E-state index contributed by atoms with van der Waals surface area (Å²) >= 11 is 0. The number of likely N-dealkylation sites (tertiary alicyclic amines) is 1. The van der Waals surface area contributed by atoms with E-state index in [-0.39, 0.29) is 24.0 Å². The van der Waals surface area contributed by atoms with Crippen LogP contribution in [-0.4, -0.2) is 44.6 Å². The van der Waals surface area contributed by atoms with Crippen molar-refractivity contribution in [3.8, 4) is 0 Å². The van der Waals surface area contributed by atoms with E-state index in [2.05, 4.69) is 53.2 Å². The molecule has 0 amide bonds. The minimum atomic E-state index is 0. The Hall–Kier alpha value is -0.980. The van der Waals surface area contributed by atoms with Crippen molar-refractivity contribution >= 4 is 35.6 Å². The second kappa shape index (κ2) is 10.7. The molecule has 0 bridgehead atoms. The summed E-state index contributed by atoms with van der Waals surface area (Å²) in [7, 11) is 4.13. The highest BCUT2D eigenvalue weighted by molar-refractivity contribution is 14.0. The topological polar surface area (TPSA) is 44.9 Å². The summed E-state index contributed by atoms with van der Waals surface area (Å²) in [6, 6.07) is 8.75. The second-order valence-electron chi connectivity index (χ2n) is 6.31. The van der Waals surface area contributed by atoms with Gasteiger partial charge in [-0.25, -0.2) is 0 Å². The van der Waals surface area contributed by atoms with Gasteiger partial charge in [0.2, 0.25) is 0 Å². The number of aryl methyl sites for hydroxylation is 1. The first-order chi connectivity index (χ1) is 10.7. The molecule has 1 fully saturated rings. The fraction of sp³-hybridized carbons (Fsp3) is 0.611. The molecule has 1 aromatic rings. The average Bonchev–Trinajstić information content (AvgIpc) is 2.81. The molecule has 0 spiro atoms. The highest BCUT2D eigenvalue weighted by Crippen LogP contribution is 2.13. The lowest BCUT2D eigenvalue weighted by Gasteiger charge is -2.21. The molecule has 0 aliphatic carbocycles. The fourth-order valence-electron chi connectivity index (χ4n) is 2.84. The Kier molecular flexibility index (Phi) is 9.36. The van der Waals surface area contributed by atoms with Crippen LogP contribution in [-0.2, 0) is 6.42 Å². The molecule has 2 rings (SSSR count). The molecule has 1 aliphatic rings. The smallest absolute Gasteiger partial charge is 0.191 e. The third-order valence-corrected chi connectivity index (χ3v) is 4.28. The molecule has 2 N–H and O–H groups in total. The largest absolute Gasteiger partial charge is 0.378 e. The molecular formula is C18H31IN4. The van der Waals surface area contributed by atoms with E-state index in [1.165, 1.54) is 36.9 Å². The Labute approximate surface area is 158 Å². The average molecular weight is 430 g/mol. The van der Waals surface area contributed by atoms with Crippen LogP contribution in [0.15, 0.2) is 29.3 Å². The normalized spacial score (nSPS) is 15.7. The van der Waals surface area contributed by atoms with Crippen molar-refractivity contribution in [3.05, 3.63) is 29.8 Å². The van der Waals surface area contributed by atoms with Crippen LogP contribution in [0.2, 0.25) is 0 Å². The van der Waals surface area contributed by atoms with Crippen LogP contribution in [0, 0.1) is 0 Å². The summed E-state index contributed by atoms with van der Waals surface area (Å²) in [5.41, 5.74) is 8.73. The van der Waals surface area contributed by atoms with Gasteiger partial charge in [-0.05, 0) is 43.4 Å². The maximum atomic E-state index is 6.12. The van der Waals surface area contributed by atoms with Gasteiger partial charge >= 0.3 is 0 Å². The monoisotopic (exact) mass is 430 g/mol. The lowest BCUT2D eigenvalue weighted by Crippen LogP contribution is -2.38. The minimum Gasteiger partial charge on any atom is -0.378 e. The standard InChI is InChI=1S/C18H30N4.HI/c1-21(2)17-11-9-16(10-12-17)8-7-13-20-18(19)22-14-5-3-4-6-15-22;/h9-12H,3-8,13-15H2,1-2H3,(H2,19,20);1H. The van der Waals surface area contributed by atoms with Gasteiger partial charge in [0.15, 0.2) is 5.96 Å². The van der Waals surface area contributed by atoms with E-state index in [9.17, 15) is 0 Å². The molecule has 1 heterocycles. The molecule has 0 radical (unpaired) electrons. The van der Waals surface area contributed by atoms with Crippen LogP contribution in [0.25, 0.3) is 0 Å². The first-order valence-electron chi connectivity index (χ1n) is 8.48. The number of benzene rings is 1. The number of hydrogen-bond acceptors (Lipinski definition) is 2. The summed E-state index contributed by atoms with van der Waals surface area (Å²) in [6.45, 7) is 2.96. The number of hydrogen-bond donors (Lipinski definition) is 1. The van der Waals surface area contributed by atoms with E-state index < -0.39 is 0 Å². The maximum absolute atomic E-state index is 6.12. The van der Waals surface area contributed by atoms with E-state index in [4.69, 9.17) is 5.73 Å². The van der Waals surface area contributed by atoms with Gasteiger partial charge in [0.25, 0.3) is 0 Å². The Morgan fingerprint density at radius 1 is 1.09 bits per heavy atom. The van der Waals surface area contributed by atoms with Gasteiger partial charge in [0.05, 0.1) is 0 Å². The molecule has 1 aliphatic heterocycles. The van der Waals surface area contributed by atoms with Crippen molar-refractivity contribution in [2.75, 3.05) is 38.6 Å². The zero-order valence-electron chi connectivity index (χ0n) is 14.5. The Bertz CT molecular complexity index is 462. The van der Waals surface area contributed by atoms with Crippen molar-refractivity contribution in [1.29, 1.82) is 0 Å². The van der Waals surface area contributed by atoms with E-state index in [0.29, 0.717) is 0 Å². The Balaban J connectivity index is 0.00000264. The van der Waals surface area contributed by atoms with Gasteiger partial charge in [0, 0.05) is 39.4 Å². The molecule has 130 valence electrons. The van der Waals surface area contributed by atoms with Crippen LogP contribution >= 0.6 is 24.0 Å². The molecule has 0 aromatic heterocycles. The van der Waals surface area contributed by atoms with Gasteiger partial charge in [-0.3, -0.25) is 4.99 Å². The first-order valence-corrected chi connectivity index (χ1v) is 8.48.